The van der Waals surface area contributed by atoms with Gasteiger partial charge in [0.25, 0.3) is 0 Å². The zero-order chi connectivity index (χ0) is 12.5. The van der Waals surface area contributed by atoms with Crippen LogP contribution in [-0.4, -0.2) is 26.2 Å². The average molecular weight is 281 g/mol. The molecule has 2 unspecified atom stereocenters. The van der Waals surface area contributed by atoms with Crippen LogP contribution in [0.1, 0.15) is 36.6 Å². The Morgan fingerprint density at radius 2 is 2.39 bits per heavy atom. The standard InChI is InChI=1S/C11H15N5S2/c1-7(12)10(8-4-5-17-6-8)18-11-13-14-15-16(11)9-2-3-9/h4-7,9-10H,2-3,12H2,1H3. The molecule has 1 fully saturated rings. The molecule has 0 radical (unpaired) electrons. The second kappa shape index (κ2) is 4.99. The maximum Gasteiger partial charge on any atom is 0.210 e. The largest absolute Gasteiger partial charge is 0.327 e. The third-order valence-corrected chi connectivity index (χ3v) is 5.07. The van der Waals surface area contributed by atoms with E-state index in [9.17, 15) is 0 Å². The van der Waals surface area contributed by atoms with Crippen LogP contribution in [0.15, 0.2) is 22.0 Å². The average Bonchev–Trinajstić information content (AvgIpc) is 2.89. The summed E-state index contributed by atoms with van der Waals surface area (Å²) in [6.07, 6.45) is 2.36. The van der Waals surface area contributed by atoms with Crippen LogP contribution < -0.4 is 5.73 Å². The molecule has 3 rings (SSSR count). The first-order chi connectivity index (χ1) is 8.75. The Morgan fingerprint density at radius 1 is 1.56 bits per heavy atom. The quantitative estimate of drug-likeness (QED) is 0.851. The van der Waals surface area contributed by atoms with Gasteiger partial charge in [0.2, 0.25) is 5.16 Å². The molecule has 0 spiro atoms. The number of nitrogens with zero attached hydrogens (tertiary/aromatic N) is 4. The molecule has 2 heterocycles. The van der Waals surface area contributed by atoms with Crippen molar-refractivity contribution in [3.05, 3.63) is 22.4 Å². The van der Waals surface area contributed by atoms with Crippen LogP contribution in [0.5, 0.6) is 0 Å². The van der Waals surface area contributed by atoms with Gasteiger partial charge in [-0.1, -0.05) is 11.8 Å². The number of rotatable bonds is 5. The molecule has 18 heavy (non-hydrogen) atoms. The number of nitrogens with two attached hydrogens (primary N) is 1. The van der Waals surface area contributed by atoms with E-state index in [2.05, 4.69) is 32.4 Å². The normalized spacial score (nSPS) is 18.8. The molecule has 0 aliphatic heterocycles. The highest BCUT2D eigenvalue weighted by Crippen LogP contribution is 2.41. The number of hydrogen-bond acceptors (Lipinski definition) is 6. The van der Waals surface area contributed by atoms with Gasteiger partial charge in [-0.05, 0) is 52.6 Å². The minimum Gasteiger partial charge on any atom is -0.327 e. The molecular weight excluding hydrogens is 266 g/mol. The molecule has 2 aromatic rings. The summed E-state index contributed by atoms with van der Waals surface area (Å²) in [5.74, 6) is 0. The van der Waals surface area contributed by atoms with E-state index in [4.69, 9.17) is 5.73 Å². The van der Waals surface area contributed by atoms with Gasteiger partial charge in [0.15, 0.2) is 0 Å². The van der Waals surface area contributed by atoms with E-state index >= 15 is 0 Å². The lowest BCUT2D eigenvalue weighted by atomic mass is 10.1. The third kappa shape index (κ3) is 2.43. The molecular formula is C11H15N5S2. The van der Waals surface area contributed by atoms with Gasteiger partial charge in [-0.3, -0.25) is 0 Å². The molecule has 2 aromatic heterocycles. The van der Waals surface area contributed by atoms with E-state index in [-0.39, 0.29) is 11.3 Å². The Balaban J connectivity index is 1.82. The molecule has 2 N–H and O–H groups in total. The van der Waals surface area contributed by atoms with Gasteiger partial charge < -0.3 is 5.73 Å². The van der Waals surface area contributed by atoms with Crippen LogP contribution in [0.2, 0.25) is 0 Å². The lowest BCUT2D eigenvalue weighted by Crippen LogP contribution is -2.22. The monoisotopic (exact) mass is 281 g/mol. The Kier molecular flexibility index (Phi) is 3.36. The second-order valence-electron chi connectivity index (χ2n) is 4.59. The van der Waals surface area contributed by atoms with Crippen molar-refractivity contribution in [1.29, 1.82) is 0 Å². The molecule has 0 aromatic carbocycles. The first kappa shape index (κ1) is 12.1. The summed E-state index contributed by atoms with van der Waals surface area (Å²) in [5.41, 5.74) is 7.35. The fourth-order valence-electron chi connectivity index (χ4n) is 1.84. The molecule has 2 atom stereocenters. The number of thiophene rings is 1. The van der Waals surface area contributed by atoms with Crippen molar-refractivity contribution in [3.8, 4) is 0 Å². The summed E-state index contributed by atoms with van der Waals surface area (Å²) in [6, 6.07) is 2.68. The predicted octanol–water partition coefficient (Wildman–Crippen LogP) is 2.25. The van der Waals surface area contributed by atoms with Crippen molar-refractivity contribution >= 4 is 23.1 Å². The fraction of sp³-hybridized carbons (Fsp3) is 0.545. The van der Waals surface area contributed by atoms with E-state index in [1.807, 2.05) is 11.6 Å². The van der Waals surface area contributed by atoms with Gasteiger partial charge in [-0.15, -0.1) is 5.10 Å². The van der Waals surface area contributed by atoms with Crippen LogP contribution in [0.4, 0.5) is 0 Å². The van der Waals surface area contributed by atoms with E-state index in [1.165, 1.54) is 18.4 Å². The Bertz CT molecular complexity index is 503. The maximum atomic E-state index is 6.09. The molecule has 1 aliphatic rings. The van der Waals surface area contributed by atoms with Crippen molar-refractivity contribution in [2.45, 2.75) is 42.3 Å². The maximum absolute atomic E-state index is 6.09. The number of aromatic nitrogens is 4. The van der Waals surface area contributed by atoms with Gasteiger partial charge in [-0.2, -0.15) is 11.3 Å². The van der Waals surface area contributed by atoms with Gasteiger partial charge in [0.1, 0.15) is 0 Å². The zero-order valence-electron chi connectivity index (χ0n) is 10.1. The topological polar surface area (TPSA) is 69.6 Å². The van der Waals surface area contributed by atoms with E-state index in [0.29, 0.717) is 6.04 Å². The minimum absolute atomic E-state index is 0.0638. The first-order valence-electron chi connectivity index (χ1n) is 5.98. The molecule has 1 saturated carbocycles. The lowest BCUT2D eigenvalue weighted by Gasteiger charge is -2.18. The highest BCUT2D eigenvalue weighted by atomic mass is 32.2. The SMILES string of the molecule is CC(N)C(Sc1nnnn1C1CC1)c1ccsc1. The summed E-state index contributed by atoms with van der Waals surface area (Å²) >= 11 is 3.36. The zero-order valence-corrected chi connectivity index (χ0v) is 11.7. The Morgan fingerprint density at radius 3 is 3.00 bits per heavy atom. The summed E-state index contributed by atoms with van der Waals surface area (Å²) in [4.78, 5) is 0. The van der Waals surface area contributed by atoms with Crippen molar-refractivity contribution in [1.82, 2.24) is 20.2 Å². The van der Waals surface area contributed by atoms with E-state index < -0.39 is 0 Å². The highest BCUT2D eigenvalue weighted by Gasteiger charge is 2.30. The number of hydrogen-bond donors (Lipinski definition) is 1. The van der Waals surface area contributed by atoms with Crippen molar-refractivity contribution in [2.75, 3.05) is 0 Å². The highest BCUT2D eigenvalue weighted by molar-refractivity contribution is 7.99. The van der Waals surface area contributed by atoms with Gasteiger partial charge in [-0.25, -0.2) is 4.68 Å². The lowest BCUT2D eigenvalue weighted by molar-refractivity contribution is 0.563. The molecule has 5 nitrogen and oxygen atoms in total. The summed E-state index contributed by atoms with van der Waals surface area (Å²) in [7, 11) is 0. The van der Waals surface area contributed by atoms with Gasteiger partial charge in [0, 0.05) is 6.04 Å². The Hall–Kier alpha value is -0.920. The van der Waals surface area contributed by atoms with Crippen molar-refractivity contribution in [2.24, 2.45) is 5.73 Å². The van der Waals surface area contributed by atoms with Crippen LogP contribution in [-0.2, 0) is 0 Å². The van der Waals surface area contributed by atoms with Gasteiger partial charge in [0.05, 0.1) is 11.3 Å². The van der Waals surface area contributed by atoms with Crippen LogP contribution in [0.25, 0.3) is 0 Å². The molecule has 7 heteroatoms. The van der Waals surface area contributed by atoms with Crippen molar-refractivity contribution in [3.63, 3.8) is 0 Å². The third-order valence-electron chi connectivity index (χ3n) is 2.94. The van der Waals surface area contributed by atoms with Gasteiger partial charge >= 0.3 is 0 Å². The molecule has 96 valence electrons. The molecule has 1 aliphatic carbocycles. The van der Waals surface area contributed by atoms with Crippen molar-refractivity contribution < 1.29 is 0 Å². The van der Waals surface area contributed by atoms with E-state index in [0.717, 1.165) is 5.16 Å². The molecule has 0 bridgehead atoms. The second-order valence-corrected chi connectivity index (χ2v) is 6.48. The fourth-order valence-corrected chi connectivity index (χ4v) is 3.73. The Labute approximate surface area is 114 Å². The summed E-state index contributed by atoms with van der Waals surface area (Å²) in [5, 5.41) is 17.3. The van der Waals surface area contributed by atoms with Crippen LogP contribution in [0.3, 0.4) is 0 Å². The molecule has 0 saturated heterocycles. The molecule has 0 amide bonds. The number of tetrazole rings is 1. The van der Waals surface area contributed by atoms with E-state index in [1.54, 1.807) is 23.1 Å². The summed E-state index contributed by atoms with van der Waals surface area (Å²) < 4.78 is 1.94. The van der Waals surface area contributed by atoms with Crippen LogP contribution >= 0.6 is 23.1 Å². The number of thioether (sulfide) groups is 1. The first-order valence-corrected chi connectivity index (χ1v) is 7.80. The minimum atomic E-state index is 0.0638. The smallest absolute Gasteiger partial charge is 0.210 e. The van der Waals surface area contributed by atoms with Crippen LogP contribution in [0, 0.1) is 0 Å². The predicted molar refractivity (Wildman–Crippen MR) is 72.7 cm³/mol. The summed E-state index contributed by atoms with van der Waals surface area (Å²) in [6.45, 7) is 2.03.